The lowest BCUT2D eigenvalue weighted by atomic mass is 10.5. The summed E-state index contributed by atoms with van der Waals surface area (Å²) in [5.41, 5.74) is 0. The van der Waals surface area contributed by atoms with E-state index in [9.17, 15) is 0 Å². The summed E-state index contributed by atoms with van der Waals surface area (Å²) in [6.45, 7) is 2.29. The Kier molecular flexibility index (Phi) is 1.30. The predicted octanol–water partition coefficient (Wildman–Crippen LogP) is 1.57. The van der Waals surface area contributed by atoms with Gasteiger partial charge in [0.15, 0.2) is 0 Å². The third-order valence-corrected chi connectivity index (χ3v) is 2.18. The third-order valence-electron chi connectivity index (χ3n) is 1.19. The Bertz CT molecular complexity index is 39.2. The second kappa shape index (κ2) is 1.78. The smallest absolute Gasteiger partial charge is 0.0345 e. The van der Waals surface area contributed by atoms with Gasteiger partial charge in [0.1, 0.15) is 0 Å². The number of hydrogen-bond donors (Lipinski definition) is 0. The van der Waals surface area contributed by atoms with Gasteiger partial charge in [-0.15, -0.1) is 0 Å². The van der Waals surface area contributed by atoms with E-state index in [4.69, 9.17) is 0 Å². The summed E-state index contributed by atoms with van der Waals surface area (Å²) in [5.74, 6) is 1.16. The Morgan fingerprint density at radius 2 is 2.33 bits per heavy atom. The highest BCUT2D eigenvalue weighted by Gasteiger charge is 2.18. The van der Waals surface area contributed by atoms with Crippen LogP contribution in [0.1, 0.15) is 12.8 Å². The standard InChI is InChI=1S/C5H10Si/c1-6-4-5-2-3-5/h5H,2-4H2,1H3. The molecule has 0 aromatic rings. The predicted molar refractivity (Wildman–Crippen MR) is 29.1 cm³/mol. The van der Waals surface area contributed by atoms with Crippen LogP contribution in [0, 0.1) is 5.92 Å². The lowest BCUT2D eigenvalue weighted by Gasteiger charge is -1.81. The van der Waals surface area contributed by atoms with Gasteiger partial charge in [0, 0.05) is 9.52 Å². The van der Waals surface area contributed by atoms with Crippen molar-refractivity contribution in [1.29, 1.82) is 0 Å². The maximum Gasteiger partial charge on any atom is 0.0345 e. The molecule has 0 nitrogen and oxygen atoms in total. The third kappa shape index (κ3) is 1.13. The quantitative estimate of drug-likeness (QED) is 0.460. The van der Waals surface area contributed by atoms with Crippen LogP contribution in [0.4, 0.5) is 0 Å². The maximum absolute atomic E-state index is 2.29. The van der Waals surface area contributed by atoms with Gasteiger partial charge >= 0.3 is 0 Å². The van der Waals surface area contributed by atoms with Gasteiger partial charge in [0.2, 0.25) is 0 Å². The van der Waals surface area contributed by atoms with Crippen LogP contribution < -0.4 is 0 Å². The monoisotopic (exact) mass is 98.1 g/mol. The number of hydrogen-bond acceptors (Lipinski definition) is 0. The highest BCUT2D eigenvalue weighted by molar-refractivity contribution is 6.33. The molecule has 0 amide bonds. The van der Waals surface area contributed by atoms with Gasteiger partial charge in [-0.25, -0.2) is 0 Å². The molecule has 1 saturated carbocycles. The Labute approximate surface area is 41.8 Å². The zero-order chi connectivity index (χ0) is 4.41. The molecule has 34 valence electrons. The minimum absolute atomic E-state index is 1.16. The highest BCUT2D eigenvalue weighted by Crippen LogP contribution is 2.32. The summed E-state index contributed by atoms with van der Waals surface area (Å²) in [6, 6.07) is 1.51. The first-order chi connectivity index (χ1) is 2.93. The van der Waals surface area contributed by atoms with Crippen LogP contribution in [-0.2, 0) is 0 Å². The zero-order valence-corrected chi connectivity index (χ0v) is 5.20. The molecule has 0 N–H and O–H groups in total. The van der Waals surface area contributed by atoms with E-state index in [0.29, 0.717) is 0 Å². The van der Waals surface area contributed by atoms with Crippen molar-refractivity contribution in [3.05, 3.63) is 0 Å². The second-order valence-electron chi connectivity index (χ2n) is 2.00. The van der Waals surface area contributed by atoms with Gasteiger partial charge in [-0.2, -0.15) is 0 Å². The molecule has 0 aromatic heterocycles. The normalized spacial score (nSPS) is 21.5. The molecule has 0 bridgehead atoms. The molecular formula is C5H10Si. The van der Waals surface area contributed by atoms with Crippen LogP contribution >= 0.6 is 0 Å². The fourth-order valence-corrected chi connectivity index (χ4v) is 1.60. The first kappa shape index (κ1) is 4.38. The Balaban J connectivity index is 1.88. The molecular weight excluding hydrogens is 88.1 g/mol. The van der Waals surface area contributed by atoms with E-state index < -0.39 is 0 Å². The summed E-state index contributed by atoms with van der Waals surface area (Å²) in [4.78, 5) is 0. The van der Waals surface area contributed by atoms with Gasteiger partial charge in [0.25, 0.3) is 0 Å². The zero-order valence-electron chi connectivity index (χ0n) is 4.20. The lowest BCUT2D eigenvalue weighted by Crippen LogP contribution is -1.79. The Hall–Kier alpha value is 0.217. The summed E-state index contributed by atoms with van der Waals surface area (Å²) in [6.07, 6.45) is 3.06. The molecule has 1 fully saturated rings. The number of rotatable bonds is 2. The molecule has 2 radical (unpaired) electrons. The summed E-state index contributed by atoms with van der Waals surface area (Å²) in [7, 11) is 1.20. The lowest BCUT2D eigenvalue weighted by molar-refractivity contribution is 0.971. The van der Waals surface area contributed by atoms with E-state index in [1.807, 2.05) is 0 Å². The molecule has 0 atom stereocenters. The van der Waals surface area contributed by atoms with Crippen LogP contribution in [-0.4, -0.2) is 9.52 Å². The van der Waals surface area contributed by atoms with Crippen molar-refractivity contribution in [1.82, 2.24) is 0 Å². The highest BCUT2D eigenvalue weighted by atomic mass is 28.2. The molecule has 0 aromatic carbocycles. The fourth-order valence-electron chi connectivity index (χ4n) is 0.611. The van der Waals surface area contributed by atoms with E-state index >= 15 is 0 Å². The van der Waals surface area contributed by atoms with Crippen LogP contribution in [0.3, 0.4) is 0 Å². The van der Waals surface area contributed by atoms with Crippen LogP contribution in [0.5, 0.6) is 0 Å². The maximum atomic E-state index is 2.29. The fraction of sp³-hybridized carbons (Fsp3) is 1.00. The van der Waals surface area contributed by atoms with E-state index in [0.717, 1.165) is 5.92 Å². The van der Waals surface area contributed by atoms with Crippen molar-refractivity contribution < 1.29 is 0 Å². The van der Waals surface area contributed by atoms with E-state index in [1.54, 1.807) is 0 Å². The molecule has 0 unspecified atom stereocenters. The molecule has 6 heavy (non-hydrogen) atoms. The Morgan fingerprint density at radius 3 is 2.50 bits per heavy atom. The summed E-state index contributed by atoms with van der Waals surface area (Å²) < 4.78 is 0. The first-order valence-electron chi connectivity index (χ1n) is 2.58. The summed E-state index contributed by atoms with van der Waals surface area (Å²) >= 11 is 0. The van der Waals surface area contributed by atoms with Crippen LogP contribution in [0.15, 0.2) is 0 Å². The van der Waals surface area contributed by atoms with Gasteiger partial charge in [-0.05, 0) is 5.92 Å². The molecule has 0 aliphatic heterocycles. The minimum Gasteiger partial charge on any atom is -0.0733 e. The van der Waals surface area contributed by atoms with E-state index in [2.05, 4.69) is 6.55 Å². The van der Waals surface area contributed by atoms with Crippen molar-refractivity contribution in [2.75, 3.05) is 0 Å². The van der Waals surface area contributed by atoms with E-state index in [1.165, 1.54) is 28.4 Å². The van der Waals surface area contributed by atoms with Crippen molar-refractivity contribution in [2.45, 2.75) is 25.4 Å². The minimum atomic E-state index is 1.16. The van der Waals surface area contributed by atoms with Crippen LogP contribution in [0.25, 0.3) is 0 Å². The molecule has 1 aliphatic carbocycles. The van der Waals surface area contributed by atoms with Crippen molar-refractivity contribution in [3.63, 3.8) is 0 Å². The van der Waals surface area contributed by atoms with E-state index in [-0.39, 0.29) is 0 Å². The molecule has 1 aliphatic rings. The molecule has 0 spiro atoms. The molecule has 0 heterocycles. The largest absolute Gasteiger partial charge is 0.0733 e. The van der Waals surface area contributed by atoms with Crippen molar-refractivity contribution in [3.8, 4) is 0 Å². The van der Waals surface area contributed by atoms with Crippen molar-refractivity contribution >= 4 is 9.52 Å². The van der Waals surface area contributed by atoms with Gasteiger partial charge in [0.05, 0.1) is 0 Å². The van der Waals surface area contributed by atoms with Crippen molar-refractivity contribution in [2.24, 2.45) is 5.92 Å². The SMILES string of the molecule is C[Si]CC1CC1. The second-order valence-corrected chi connectivity index (χ2v) is 3.12. The molecule has 1 rings (SSSR count). The van der Waals surface area contributed by atoms with Gasteiger partial charge < -0.3 is 0 Å². The average Bonchev–Trinajstić information content (AvgIpc) is 2.21. The average molecular weight is 98.2 g/mol. The summed E-state index contributed by atoms with van der Waals surface area (Å²) in [5, 5.41) is 0. The van der Waals surface area contributed by atoms with Crippen LogP contribution in [0.2, 0.25) is 12.6 Å². The first-order valence-corrected chi connectivity index (χ1v) is 4.29. The van der Waals surface area contributed by atoms with Gasteiger partial charge in [-0.1, -0.05) is 25.4 Å². The molecule has 1 heteroatoms. The van der Waals surface area contributed by atoms with Gasteiger partial charge in [-0.3, -0.25) is 0 Å². The Morgan fingerprint density at radius 1 is 1.67 bits per heavy atom. The molecule has 0 saturated heterocycles. The topological polar surface area (TPSA) is 0 Å².